The van der Waals surface area contributed by atoms with Gasteiger partial charge >= 0.3 is 0 Å². The molecule has 1 aliphatic heterocycles. The van der Waals surface area contributed by atoms with Crippen molar-refractivity contribution in [3.05, 3.63) is 70.2 Å². The van der Waals surface area contributed by atoms with E-state index >= 15 is 0 Å². The summed E-state index contributed by atoms with van der Waals surface area (Å²) in [6.45, 7) is 1.60. The maximum absolute atomic E-state index is 12.5. The van der Waals surface area contributed by atoms with Crippen LogP contribution in [-0.4, -0.2) is 30.4 Å². The molecule has 2 aliphatic rings. The molecule has 130 valence electrons. The Morgan fingerprint density at radius 3 is 2.80 bits per heavy atom. The van der Waals surface area contributed by atoms with Crippen molar-refractivity contribution < 1.29 is 4.79 Å². The summed E-state index contributed by atoms with van der Waals surface area (Å²) < 4.78 is 0. The van der Waals surface area contributed by atoms with E-state index in [9.17, 15) is 4.79 Å². The lowest BCUT2D eigenvalue weighted by Crippen LogP contribution is -2.45. The van der Waals surface area contributed by atoms with Crippen LogP contribution in [0.3, 0.4) is 0 Å². The number of carbonyl (C=O) groups excluding carboxylic acids is 1. The van der Waals surface area contributed by atoms with Crippen LogP contribution >= 0.6 is 11.6 Å². The summed E-state index contributed by atoms with van der Waals surface area (Å²) in [7, 11) is 2.12. The topological polar surface area (TPSA) is 32.3 Å². The van der Waals surface area contributed by atoms with Crippen LogP contribution in [0, 0.1) is 5.92 Å². The normalized spacial score (nSPS) is 25.3. The van der Waals surface area contributed by atoms with Gasteiger partial charge in [-0.15, -0.1) is 0 Å². The third-order valence-electron chi connectivity index (χ3n) is 5.53. The molecule has 3 nitrogen and oxygen atoms in total. The number of nitrogens with one attached hydrogen (secondary N) is 1. The van der Waals surface area contributed by atoms with E-state index in [4.69, 9.17) is 11.6 Å². The number of hydrogen-bond acceptors (Lipinski definition) is 2. The Morgan fingerprint density at radius 2 is 2.00 bits per heavy atom. The van der Waals surface area contributed by atoms with E-state index in [1.54, 1.807) is 0 Å². The van der Waals surface area contributed by atoms with Gasteiger partial charge in [0.15, 0.2) is 0 Å². The van der Waals surface area contributed by atoms with E-state index < -0.39 is 0 Å². The molecule has 1 amide bonds. The Labute approximate surface area is 154 Å². The van der Waals surface area contributed by atoms with Gasteiger partial charge in [0.1, 0.15) is 0 Å². The van der Waals surface area contributed by atoms with Crippen LogP contribution < -0.4 is 5.32 Å². The molecule has 25 heavy (non-hydrogen) atoms. The molecule has 4 heteroatoms. The average Bonchev–Trinajstić information content (AvgIpc) is 3.42. The molecule has 1 saturated carbocycles. The van der Waals surface area contributed by atoms with E-state index in [2.05, 4.69) is 41.5 Å². The standard InChI is InChI=1S/C21H23ClN2O/c1-24-13-15-7-8-17(22)9-16(15)10-18(24)12-23-21(25)20-11-19(20)14-5-3-2-4-6-14/h2-9,18-20H,10-13H2,1H3,(H,23,25)/t18-,19-,20+/m0/s1. The minimum absolute atomic E-state index is 0.137. The van der Waals surface area contributed by atoms with Gasteiger partial charge in [0.2, 0.25) is 5.91 Å². The van der Waals surface area contributed by atoms with E-state index in [0.29, 0.717) is 18.5 Å². The highest BCUT2D eigenvalue weighted by molar-refractivity contribution is 6.30. The van der Waals surface area contributed by atoms with Gasteiger partial charge in [0.05, 0.1) is 0 Å². The first-order valence-electron chi connectivity index (χ1n) is 8.92. The molecule has 2 aromatic rings. The highest BCUT2D eigenvalue weighted by Crippen LogP contribution is 2.47. The van der Waals surface area contributed by atoms with Crippen molar-refractivity contribution in [2.45, 2.75) is 31.3 Å². The molecule has 0 aromatic heterocycles. The summed E-state index contributed by atoms with van der Waals surface area (Å²) in [5.41, 5.74) is 3.92. The Balaban J connectivity index is 1.33. The summed E-state index contributed by atoms with van der Waals surface area (Å²) in [5, 5.41) is 3.96. The highest BCUT2D eigenvalue weighted by atomic mass is 35.5. The van der Waals surface area contributed by atoms with Crippen molar-refractivity contribution in [1.29, 1.82) is 0 Å². The van der Waals surface area contributed by atoms with Crippen LogP contribution in [-0.2, 0) is 17.8 Å². The molecule has 1 fully saturated rings. The first-order valence-corrected chi connectivity index (χ1v) is 9.30. The van der Waals surface area contributed by atoms with E-state index in [1.807, 2.05) is 24.3 Å². The van der Waals surface area contributed by atoms with Crippen LogP contribution in [0.1, 0.15) is 29.0 Å². The van der Waals surface area contributed by atoms with Gasteiger partial charge in [-0.3, -0.25) is 9.69 Å². The minimum Gasteiger partial charge on any atom is -0.354 e. The van der Waals surface area contributed by atoms with Crippen molar-refractivity contribution in [2.24, 2.45) is 5.92 Å². The monoisotopic (exact) mass is 354 g/mol. The number of carbonyl (C=O) groups is 1. The molecule has 0 radical (unpaired) electrons. The molecule has 0 unspecified atom stereocenters. The van der Waals surface area contributed by atoms with E-state index in [1.165, 1.54) is 16.7 Å². The second kappa shape index (κ2) is 6.81. The number of hydrogen-bond donors (Lipinski definition) is 1. The van der Waals surface area contributed by atoms with Gasteiger partial charge < -0.3 is 5.32 Å². The molecule has 3 atom stereocenters. The quantitative estimate of drug-likeness (QED) is 0.909. The molecule has 4 rings (SSSR count). The van der Waals surface area contributed by atoms with Gasteiger partial charge in [-0.05, 0) is 54.6 Å². The van der Waals surface area contributed by atoms with Crippen molar-refractivity contribution >= 4 is 17.5 Å². The van der Waals surface area contributed by atoms with Crippen LogP contribution in [0.15, 0.2) is 48.5 Å². The van der Waals surface area contributed by atoms with Crippen LogP contribution in [0.2, 0.25) is 5.02 Å². The van der Waals surface area contributed by atoms with E-state index in [-0.39, 0.29) is 11.8 Å². The molecular weight excluding hydrogens is 332 g/mol. The molecular formula is C21H23ClN2O. The molecule has 1 aliphatic carbocycles. The predicted molar refractivity (Wildman–Crippen MR) is 101 cm³/mol. The second-order valence-corrected chi connectivity index (χ2v) is 7.73. The molecule has 1 N–H and O–H groups in total. The van der Waals surface area contributed by atoms with Gasteiger partial charge in [0, 0.05) is 30.1 Å². The summed E-state index contributed by atoms with van der Waals surface area (Å²) >= 11 is 6.13. The minimum atomic E-state index is 0.137. The summed E-state index contributed by atoms with van der Waals surface area (Å²) in [5.74, 6) is 0.724. The first-order chi connectivity index (χ1) is 12.1. The third-order valence-corrected chi connectivity index (χ3v) is 5.77. The SMILES string of the molecule is CN1Cc2ccc(Cl)cc2C[C@H]1CNC(=O)[C@@H]1C[C@H]1c1ccccc1. The van der Waals surface area contributed by atoms with Crippen molar-refractivity contribution in [2.75, 3.05) is 13.6 Å². The summed E-state index contributed by atoms with van der Waals surface area (Å²) in [4.78, 5) is 14.8. The first kappa shape index (κ1) is 16.6. The average molecular weight is 355 g/mol. The molecule has 0 saturated heterocycles. The molecule has 0 bridgehead atoms. The third kappa shape index (κ3) is 3.58. The number of fused-ring (bicyclic) bond motifs is 1. The Bertz CT molecular complexity index is 777. The summed E-state index contributed by atoms with van der Waals surface area (Å²) in [6, 6.07) is 16.8. The van der Waals surface area contributed by atoms with E-state index in [0.717, 1.165) is 24.4 Å². The highest BCUT2D eigenvalue weighted by Gasteiger charge is 2.43. The van der Waals surface area contributed by atoms with Gasteiger partial charge in [-0.1, -0.05) is 48.0 Å². The van der Waals surface area contributed by atoms with Crippen LogP contribution in [0.4, 0.5) is 0 Å². The smallest absolute Gasteiger partial charge is 0.223 e. The zero-order valence-electron chi connectivity index (χ0n) is 14.4. The maximum Gasteiger partial charge on any atom is 0.223 e. The fourth-order valence-electron chi connectivity index (χ4n) is 3.88. The van der Waals surface area contributed by atoms with Crippen LogP contribution in [0.5, 0.6) is 0 Å². The Kier molecular flexibility index (Phi) is 4.53. The molecule has 0 spiro atoms. The fraction of sp³-hybridized carbons (Fsp3) is 0.381. The zero-order chi connectivity index (χ0) is 17.4. The van der Waals surface area contributed by atoms with Crippen molar-refractivity contribution in [3.8, 4) is 0 Å². The summed E-state index contributed by atoms with van der Waals surface area (Å²) in [6.07, 6.45) is 1.90. The lowest BCUT2D eigenvalue weighted by molar-refractivity contribution is -0.122. The molecule has 2 aromatic carbocycles. The lowest BCUT2D eigenvalue weighted by atomic mass is 9.94. The number of benzene rings is 2. The second-order valence-electron chi connectivity index (χ2n) is 7.29. The van der Waals surface area contributed by atoms with Gasteiger partial charge in [0.25, 0.3) is 0 Å². The fourth-order valence-corrected chi connectivity index (χ4v) is 4.07. The molecule has 1 heterocycles. The van der Waals surface area contributed by atoms with Crippen molar-refractivity contribution in [1.82, 2.24) is 10.2 Å². The van der Waals surface area contributed by atoms with Gasteiger partial charge in [-0.25, -0.2) is 0 Å². The van der Waals surface area contributed by atoms with Crippen LogP contribution in [0.25, 0.3) is 0 Å². The van der Waals surface area contributed by atoms with Crippen molar-refractivity contribution in [3.63, 3.8) is 0 Å². The number of likely N-dealkylation sites (N-methyl/N-ethyl adjacent to an activating group) is 1. The number of amides is 1. The number of nitrogens with zero attached hydrogens (tertiary/aromatic N) is 1. The van der Waals surface area contributed by atoms with Gasteiger partial charge in [-0.2, -0.15) is 0 Å². The Morgan fingerprint density at radius 1 is 1.20 bits per heavy atom. The zero-order valence-corrected chi connectivity index (χ0v) is 15.2. The number of rotatable bonds is 4. The lowest BCUT2D eigenvalue weighted by Gasteiger charge is -2.34. The largest absolute Gasteiger partial charge is 0.354 e. The Hall–Kier alpha value is -1.84. The predicted octanol–water partition coefficient (Wildman–Crippen LogP) is 3.62. The maximum atomic E-state index is 12.5. The number of halogens is 1.